The maximum Gasteiger partial charge on any atom is 0.313 e. The third-order valence-electron chi connectivity index (χ3n) is 4.31. The highest BCUT2D eigenvalue weighted by Crippen LogP contribution is 2.30. The van der Waals surface area contributed by atoms with E-state index in [0.717, 1.165) is 10.8 Å². The van der Waals surface area contributed by atoms with Gasteiger partial charge in [-0.1, -0.05) is 54.3 Å². The molecule has 0 aliphatic heterocycles. The zero-order chi connectivity index (χ0) is 19.2. The quantitative estimate of drug-likeness (QED) is 0.684. The van der Waals surface area contributed by atoms with Gasteiger partial charge in [-0.2, -0.15) is 0 Å². The van der Waals surface area contributed by atoms with Crippen LogP contribution in [0.2, 0.25) is 0 Å². The van der Waals surface area contributed by atoms with E-state index in [9.17, 15) is 9.90 Å². The Morgan fingerprint density at radius 1 is 1.15 bits per heavy atom. The van der Waals surface area contributed by atoms with Crippen LogP contribution >= 0.6 is 0 Å². The normalized spacial score (nSPS) is 14.7. The molecule has 2 unspecified atom stereocenters. The third-order valence-corrected chi connectivity index (χ3v) is 4.31. The first-order valence-electron chi connectivity index (χ1n) is 8.10. The maximum atomic E-state index is 12.0. The average Bonchev–Trinajstić information content (AvgIpc) is 2.66. The van der Waals surface area contributed by atoms with Gasteiger partial charge in [0.05, 0.1) is 12.5 Å². The minimum Gasteiger partial charge on any atom is -0.469 e. The van der Waals surface area contributed by atoms with E-state index < -0.39 is 17.0 Å². The van der Waals surface area contributed by atoms with Crippen molar-refractivity contribution in [3.8, 4) is 36.5 Å². The summed E-state index contributed by atoms with van der Waals surface area (Å²) in [6.07, 6.45) is 11.3. The van der Waals surface area contributed by atoms with Crippen molar-refractivity contribution in [3.63, 3.8) is 0 Å². The van der Waals surface area contributed by atoms with Crippen molar-refractivity contribution in [2.75, 3.05) is 7.11 Å². The summed E-state index contributed by atoms with van der Waals surface area (Å²) in [5.41, 5.74) is -2.19. The van der Waals surface area contributed by atoms with E-state index in [0.29, 0.717) is 5.56 Å². The van der Waals surface area contributed by atoms with Gasteiger partial charge in [-0.05, 0) is 23.6 Å². The summed E-state index contributed by atoms with van der Waals surface area (Å²) >= 11 is 0. The lowest BCUT2D eigenvalue weighted by atomic mass is 9.83. The van der Waals surface area contributed by atoms with E-state index in [1.807, 2.05) is 36.4 Å². The monoisotopic (exact) mass is 344 g/mol. The molecular formula is C23H20O3. The molecule has 1 N–H and O–H groups in total. The zero-order valence-electron chi connectivity index (χ0n) is 14.9. The van der Waals surface area contributed by atoms with Crippen molar-refractivity contribution in [1.82, 2.24) is 0 Å². The van der Waals surface area contributed by atoms with E-state index in [4.69, 9.17) is 17.6 Å². The van der Waals surface area contributed by atoms with Gasteiger partial charge in [0.1, 0.15) is 0 Å². The van der Waals surface area contributed by atoms with Gasteiger partial charge in [0.2, 0.25) is 5.60 Å². The molecule has 3 nitrogen and oxygen atoms in total. The maximum absolute atomic E-state index is 12.0. The molecule has 0 saturated carbocycles. The van der Waals surface area contributed by atoms with Crippen LogP contribution in [0.5, 0.6) is 0 Å². The summed E-state index contributed by atoms with van der Waals surface area (Å²) < 4.78 is 4.81. The van der Waals surface area contributed by atoms with Gasteiger partial charge in [-0.25, -0.2) is 0 Å². The summed E-state index contributed by atoms with van der Waals surface area (Å²) in [6, 6.07) is 13.1. The van der Waals surface area contributed by atoms with Gasteiger partial charge in [0.15, 0.2) is 0 Å². The van der Waals surface area contributed by atoms with E-state index >= 15 is 0 Å². The van der Waals surface area contributed by atoms with Crippen molar-refractivity contribution in [2.45, 2.75) is 25.4 Å². The molecule has 130 valence electrons. The molecule has 0 aliphatic rings. The Morgan fingerprint density at radius 2 is 1.85 bits per heavy atom. The molecule has 0 saturated heterocycles. The molecule has 2 atom stereocenters. The minimum atomic E-state index is -1.77. The van der Waals surface area contributed by atoms with Crippen LogP contribution in [-0.2, 0) is 15.1 Å². The number of hydrogen-bond donors (Lipinski definition) is 1. The molecule has 26 heavy (non-hydrogen) atoms. The highest BCUT2D eigenvalue weighted by atomic mass is 16.5. The van der Waals surface area contributed by atoms with Gasteiger partial charge in [-0.15, -0.1) is 18.8 Å². The van der Waals surface area contributed by atoms with Crippen LogP contribution in [0.1, 0.15) is 25.3 Å². The van der Waals surface area contributed by atoms with E-state index in [2.05, 4.69) is 23.7 Å². The average molecular weight is 344 g/mol. The smallest absolute Gasteiger partial charge is 0.313 e. The fourth-order valence-electron chi connectivity index (χ4n) is 2.77. The van der Waals surface area contributed by atoms with Crippen molar-refractivity contribution >= 4 is 16.7 Å². The van der Waals surface area contributed by atoms with Gasteiger partial charge in [-0.3, -0.25) is 4.79 Å². The molecule has 0 aromatic heterocycles. The van der Waals surface area contributed by atoms with Crippen molar-refractivity contribution in [3.05, 3.63) is 48.0 Å². The number of carbonyl (C=O) groups is 1. The predicted octanol–water partition coefficient (Wildman–Crippen LogP) is 3.26. The van der Waals surface area contributed by atoms with Crippen LogP contribution in [0.4, 0.5) is 0 Å². The van der Waals surface area contributed by atoms with Gasteiger partial charge in [0, 0.05) is 18.4 Å². The second-order valence-electron chi connectivity index (χ2n) is 6.29. The van der Waals surface area contributed by atoms with Crippen LogP contribution in [0.15, 0.2) is 42.5 Å². The lowest BCUT2D eigenvalue weighted by Crippen LogP contribution is -2.28. The van der Waals surface area contributed by atoms with Crippen LogP contribution in [0.3, 0.4) is 0 Å². The number of hydrogen-bond acceptors (Lipinski definition) is 3. The number of benzene rings is 2. The van der Waals surface area contributed by atoms with Crippen molar-refractivity contribution < 1.29 is 14.6 Å². The van der Waals surface area contributed by atoms with Gasteiger partial charge < -0.3 is 9.84 Å². The molecule has 0 aliphatic carbocycles. The third kappa shape index (κ3) is 3.73. The number of ether oxygens (including phenoxy) is 1. The highest BCUT2D eigenvalue weighted by molar-refractivity contribution is 5.87. The number of aliphatic hydroxyl groups is 1. The Morgan fingerprint density at radius 3 is 2.50 bits per heavy atom. The summed E-state index contributed by atoms with van der Waals surface area (Å²) in [5, 5.41) is 12.7. The second-order valence-corrected chi connectivity index (χ2v) is 6.29. The summed E-state index contributed by atoms with van der Waals surface area (Å²) in [5.74, 6) is 9.98. The number of carbonyl (C=O) groups excluding carboxylic acids is 1. The Balaban J connectivity index is 2.43. The molecule has 0 amide bonds. The lowest BCUT2D eigenvalue weighted by Gasteiger charge is -2.22. The molecule has 0 fully saturated rings. The Labute approximate surface area is 154 Å². The zero-order valence-corrected chi connectivity index (χ0v) is 14.9. The number of terminal acetylenes is 2. The molecule has 0 radical (unpaired) electrons. The van der Waals surface area contributed by atoms with Crippen molar-refractivity contribution in [1.29, 1.82) is 0 Å². The fraction of sp³-hybridized carbons (Fsp3) is 0.261. The largest absolute Gasteiger partial charge is 0.469 e. The fourth-order valence-corrected chi connectivity index (χ4v) is 2.77. The summed E-state index contributed by atoms with van der Waals surface area (Å²) in [7, 11) is 1.30. The van der Waals surface area contributed by atoms with Crippen LogP contribution in [-0.4, -0.2) is 18.2 Å². The Bertz CT molecular complexity index is 959. The van der Waals surface area contributed by atoms with Gasteiger partial charge in [0.25, 0.3) is 0 Å². The molecule has 0 heterocycles. The highest BCUT2D eigenvalue weighted by Gasteiger charge is 2.33. The molecular weight excluding hydrogens is 324 g/mol. The molecule has 2 rings (SSSR count). The van der Waals surface area contributed by atoms with E-state index in [1.165, 1.54) is 7.11 Å². The summed E-state index contributed by atoms with van der Waals surface area (Å²) in [6.45, 7) is 1.68. The topological polar surface area (TPSA) is 46.5 Å². The first kappa shape index (κ1) is 19.1. The number of methoxy groups -OCH3 is 1. The first-order valence-corrected chi connectivity index (χ1v) is 8.10. The molecule has 0 bridgehead atoms. The van der Waals surface area contributed by atoms with Crippen LogP contribution in [0, 0.1) is 41.9 Å². The van der Waals surface area contributed by atoms with Crippen molar-refractivity contribution in [2.24, 2.45) is 5.41 Å². The van der Waals surface area contributed by atoms with E-state index in [1.54, 1.807) is 13.0 Å². The van der Waals surface area contributed by atoms with Gasteiger partial charge >= 0.3 is 5.97 Å². The van der Waals surface area contributed by atoms with Crippen LogP contribution in [0.25, 0.3) is 10.8 Å². The molecule has 3 heteroatoms. The second kappa shape index (κ2) is 7.79. The minimum absolute atomic E-state index is 0.124. The predicted molar refractivity (Wildman–Crippen MR) is 103 cm³/mol. The SMILES string of the molecule is C#CCC(C)(CC#CC(O)(C#C)c1cccc2ccccc12)C(=O)OC. The number of rotatable bonds is 4. The molecule has 2 aromatic carbocycles. The molecule has 0 spiro atoms. The number of fused-ring (bicyclic) bond motifs is 1. The standard InChI is InChI=1S/C23H20O3/c1-5-15-22(3,21(24)26-4)16-10-17-23(25,6-2)20-14-9-12-18-11-7-8-13-19(18)20/h1-2,7-9,11-14,25H,15-16H2,3-4H3. The van der Waals surface area contributed by atoms with Crippen LogP contribution < -0.4 is 0 Å². The molecule has 2 aromatic rings. The Hall–Kier alpha value is -3.19. The first-order chi connectivity index (χ1) is 12.4. The Kier molecular flexibility index (Phi) is 5.74. The lowest BCUT2D eigenvalue weighted by molar-refractivity contribution is -0.151. The number of esters is 1. The van der Waals surface area contributed by atoms with E-state index in [-0.39, 0.29) is 12.8 Å². The summed E-state index contributed by atoms with van der Waals surface area (Å²) in [4.78, 5) is 12.0.